The molecule has 9 heteroatoms. The van der Waals surface area contributed by atoms with E-state index in [9.17, 15) is 4.79 Å². The summed E-state index contributed by atoms with van der Waals surface area (Å²) in [7, 11) is 0. The van der Waals surface area contributed by atoms with E-state index in [1.54, 1.807) is 5.38 Å². The first kappa shape index (κ1) is 17.1. The van der Waals surface area contributed by atoms with Crippen molar-refractivity contribution in [1.82, 2.24) is 20.4 Å². The van der Waals surface area contributed by atoms with Gasteiger partial charge in [0.05, 0.1) is 15.8 Å². The summed E-state index contributed by atoms with van der Waals surface area (Å²) < 4.78 is 5.89. The molecule has 0 radical (unpaired) electrons. The van der Waals surface area contributed by atoms with E-state index in [1.165, 1.54) is 22.7 Å². The number of carbonyl (C=O) groups is 1. The van der Waals surface area contributed by atoms with Crippen LogP contribution in [-0.4, -0.2) is 21.0 Å². The fourth-order valence-electron chi connectivity index (χ4n) is 1.80. The molecule has 0 aliphatic heterocycles. The number of aromatic nitrogens is 3. The maximum atomic E-state index is 12.2. The zero-order valence-electron chi connectivity index (χ0n) is 13.3. The van der Waals surface area contributed by atoms with Gasteiger partial charge in [0.15, 0.2) is 5.82 Å². The van der Waals surface area contributed by atoms with Crippen molar-refractivity contribution in [2.45, 2.75) is 32.7 Å². The number of thiophene rings is 1. The highest BCUT2D eigenvalue weighted by Gasteiger charge is 2.22. The van der Waals surface area contributed by atoms with Crippen molar-refractivity contribution >= 4 is 40.2 Å². The molecule has 0 saturated heterocycles. The third kappa shape index (κ3) is 3.82. The third-order valence-electron chi connectivity index (χ3n) is 3.04. The molecule has 3 heterocycles. The van der Waals surface area contributed by atoms with Gasteiger partial charge in [0.25, 0.3) is 5.91 Å². The lowest BCUT2D eigenvalue weighted by atomic mass is 9.97. The van der Waals surface area contributed by atoms with Crippen LogP contribution in [0.25, 0.3) is 9.88 Å². The molecule has 1 amide bonds. The van der Waals surface area contributed by atoms with Gasteiger partial charge < -0.3 is 9.84 Å². The van der Waals surface area contributed by atoms with Crippen LogP contribution in [0, 0.1) is 0 Å². The minimum atomic E-state index is -0.276. The minimum Gasteiger partial charge on any atom is -0.343 e. The topological polar surface area (TPSA) is 80.9 Å². The van der Waals surface area contributed by atoms with Gasteiger partial charge in [-0.25, -0.2) is 4.98 Å². The summed E-state index contributed by atoms with van der Waals surface area (Å²) in [5.74, 6) is 0.702. The van der Waals surface area contributed by atoms with E-state index in [0.29, 0.717) is 21.7 Å². The van der Waals surface area contributed by atoms with Gasteiger partial charge in [0.1, 0.15) is 10.7 Å². The summed E-state index contributed by atoms with van der Waals surface area (Å²) in [5.41, 5.74) is 0.139. The highest BCUT2D eigenvalue weighted by molar-refractivity contribution is 7.23. The Bertz CT molecular complexity index is 863. The lowest BCUT2D eigenvalue weighted by Gasteiger charge is -2.10. The maximum absolute atomic E-state index is 12.2. The predicted molar refractivity (Wildman–Crippen MR) is 94.6 cm³/mol. The smallest absolute Gasteiger partial charge is 0.271 e. The van der Waals surface area contributed by atoms with Gasteiger partial charge in [-0.15, -0.1) is 22.7 Å². The number of rotatable bonds is 4. The SMILES string of the molecule is CC(C)(C)c1nc(CNC(=O)c2csc(-c3ccc(Cl)s3)n2)no1. The van der Waals surface area contributed by atoms with Crippen LogP contribution in [0.4, 0.5) is 0 Å². The van der Waals surface area contributed by atoms with Crippen molar-refractivity contribution in [1.29, 1.82) is 0 Å². The molecule has 24 heavy (non-hydrogen) atoms. The molecule has 3 aromatic heterocycles. The zero-order chi connectivity index (χ0) is 17.3. The van der Waals surface area contributed by atoms with Crippen LogP contribution < -0.4 is 5.32 Å². The van der Waals surface area contributed by atoms with Gasteiger partial charge in [-0.3, -0.25) is 4.79 Å². The van der Waals surface area contributed by atoms with Crippen LogP contribution in [0.5, 0.6) is 0 Å². The van der Waals surface area contributed by atoms with Gasteiger partial charge in [0, 0.05) is 10.8 Å². The molecule has 0 unspecified atom stereocenters. The standard InChI is InChI=1S/C15H15ClN4O2S2/c1-15(2,3)14-19-11(20-22-14)6-17-12(21)8-7-23-13(18-8)9-4-5-10(16)24-9/h4-5,7H,6H2,1-3H3,(H,17,21). The Morgan fingerprint density at radius 3 is 2.75 bits per heavy atom. The van der Waals surface area contributed by atoms with Crippen LogP contribution in [0.1, 0.15) is 43.0 Å². The quantitative estimate of drug-likeness (QED) is 0.733. The Hall–Kier alpha value is -1.77. The van der Waals surface area contributed by atoms with Gasteiger partial charge in [-0.1, -0.05) is 37.5 Å². The normalized spacial score (nSPS) is 11.7. The minimum absolute atomic E-state index is 0.191. The molecule has 3 aromatic rings. The molecule has 0 aromatic carbocycles. The van der Waals surface area contributed by atoms with Crippen molar-refractivity contribution in [2.24, 2.45) is 0 Å². The molecule has 0 aliphatic carbocycles. The van der Waals surface area contributed by atoms with E-state index in [1.807, 2.05) is 32.9 Å². The van der Waals surface area contributed by atoms with Crippen molar-refractivity contribution in [2.75, 3.05) is 0 Å². The molecule has 0 bridgehead atoms. The molecule has 0 fully saturated rings. The molecule has 6 nitrogen and oxygen atoms in total. The van der Waals surface area contributed by atoms with E-state index >= 15 is 0 Å². The monoisotopic (exact) mass is 382 g/mol. The van der Waals surface area contributed by atoms with E-state index < -0.39 is 0 Å². The second-order valence-electron chi connectivity index (χ2n) is 6.09. The summed E-state index contributed by atoms with van der Waals surface area (Å²) in [6.45, 7) is 6.14. The van der Waals surface area contributed by atoms with Crippen LogP contribution in [-0.2, 0) is 12.0 Å². The van der Waals surface area contributed by atoms with Crippen molar-refractivity contribution in [3.8, 4) is 9.88 Å². The second-order valence-corrected chi connectivity index (χ2v) is 8.66. The lowest BCUT2D eigenvalue weighted by molar-refractivity contribution is 0.0945. The molecule has 0 spiro atoms. The molecule has 0 atom stereocenters. The third-order valence-corrected chi connectivity index (χ3v) is 5.28. The largest absolute Gasteiger partial charge is 0.343 e. The molecular weight excluding hydrogens is 368 g/mol. The Balaban J connectivity index is 1.63. The number of nitrogens with zero attached hydrogens (tertiary/aromatic N) is 3. The van der Waals surface area contributed by atoms with Crippen LogP contribution in [0.2, 0.25) is 4.34 Å². The van der Waals surface area contributed by atoms with Crippen LogP contribution in [0.15, 0.2) is 22.0 Å². The predicted octanol–water partition coefficient (Wildman–Crippen LogP) is 4.14. The number of hydrogen-bond donors (Lipinski definition) is 1. The Morgan fingerprint density at radius 1 is 1.33 bits per heavy atom. The summed E-state index contributed by atoms with van der Waals surface area (Å²) in [5, 5.41) is 9.11. The summed E-state index contributed by atoms with van der Waals surface area (Å²) in [6, 6.07) is 3.70. The molecule has 126 valence electrons. The highest BCUT2D eigenvalue weighted by atomic mass is 35.5. The Kier molecular flexibility index (Phi) is 4.71. The van der Waals surface area contributed by atoms with Gasteiger partial charge in [-0.2, -0.15) is 4.98 Å². The first-order chi connectivity index (χ1) is 11.3. The fraction of sp³-hybridized carbons (Fsp3) is 0.333. The van der Waals surface area contributed by atoms with E-state index in [4.69, 9.17) is 16.1 Å². The fourth-order valence-corrected chi connectivity index (χ4v) is 3.72. The molecule has 0 saturated carbocycles. The molecule has 0 aliphatic rings. The van der Waals surface area contributed by atoms with Crippen molar-refractivity contribution < 1.29 is 9.32 Å². The summed E-state index contributed by atoms with van der Waals surface area (Å²) in [6.07, 6.45) is 0. The van der Waals surface area contributed by atoms with Crippen molar-refractivity contribution in [3.63, 3.8) is 0 Å². The number of nitrogens with one attached hydrogen (secondary N) is 1. The van der Waals surface area contributed by atoms with E-state index in [2.05, 4.69) is 20.4 Å². The number of hydrogen-bond acceptors (Lipinski definition) is 7. The van der Waals surface area contributed by atoms with Crippen LogP contribution >= 0.6 is 34.3 Å². The van der Waals surface area contributed by atoms with Gasteiger partial charge in [-0.05, 0) is 12.1 Å². The molecule has 3 rings (SSSR count). The Labute approximate surface area is 151 Å². The van der Waals surface area contributed by atoms with Gasteiger partial charge in [0.2, 0.25) is 5.89 Å². The van der Waals surface area contributed by atoms with E-state index in [-0.39, 0.29) is 17.9 Å². The number of carbonyl (C=O) groups excluding carboxylic acids is 1. The Morgan fingerprint density at radius 2 is 2.12 bits per heavy atom. The highest BCUT2D eigenvalue weighted by Crippen LogP contribution is 2.32. The summed E-state index contributed by atoms with van der Waals surface area (Å²) >= 11 is 8.76. The first-order valence-electron chi connectivity index (χ1n) is 7.15. The van der Waals surface area contributed by atoms with Crippen LogP contribution in [0.3, 0.4) is 0 Å². The average Bonchev–Trinajstić information content (AvgIpc) is 3.23. The van der Waals surface area contributed by atoms with Gasteiger partial charge >= 0.3 is 0 Å². The second kappa shape index (κ2) is 6.62. The average molecular weight is 383 g/mol. The number of halogens is 1. The number of thiazole rings is 1. The molecular formula is C15H15ClN4O2S2. The number of amides is 1. The maximum Gasteiger partial charge on any atom is 0.271 e. The first-order valence-corrected chi connectivity index (χ1v) is 9.23. The zero-order valence-corrected chi connectivity index (χ0v) is 15.7. The molecule has 1 N–H and O–H groups in total. The summed E-state index contributed by atoms with van der Waals surface area (Å²) in [4.78, 5) is 21.8. The lowest BCUT2D eigenvalue weighted by Crippen LogP contribution is -2.23. The van der Waals surface area contributed by atoms with E-state index in [0.717, 1.165) is 9.88 Å². The van der Waals surface area contributed by atoms with Crippen molar-refractivity contribution in [3.05, 3.63) is 39.3 Å².